The standard InChI is InChI=1S/C23H27ClN2O2/c1-15-13-17(10-11-20(15)24)28-23-19-9-5-4-8-18(19)21(14-22(23)27-3)26-16(2)7-6-12-25/h4-5,8-11,13-14,16,26H,6-7,12,25H2,1-3H3/t16-/m1/s1. The molecule has 0 heterocycles. The molecular weight excluding hydrogens is 372 g/mol. The normalized spacial score (nSPS) is 12.0. The van der Waals surface area contributed by atoms with Crippen molar-refractivity contribution in [2.45, 2.75) is 32.7 Å². The Labute approximate surface area is 171 Å². The van der Waals surface area contributed by atoms with Crippen LogP contribution >= 0.6 is 11.6 Å². The van der Waals surface area contributed by atoms with Crippen LogP contribution in [0.3, 0.4) is 0 Å². The summed E-state index contributed by atoms with van der Waals surface area (Å²) >= 11 is 6.15. The van der Waals surface area contributed by atoms with Crippen LogP contribution in [0, 0.1) is 6.92 Å². The molecule has 3 N–H and O–H groups in total. The van der Waals surface area contributed by atoms with Gasteiger partial charge in [0.25, 0.3) is 0 Å². The molecule has 0 fully saturated rings. The fourth-order valence-electron chi connectivity index (χ4n) is 3.26. The van der Waals surface area contributed by atoms with Crippen molar-refractivity contribution in [2.24, 2.45) is 5.73 Å². The van der Waals surface area contributed by atoms with Crippen LogP contribution < -0.4 is 20.5 Å². The molecule has 0 aliphatic rings. The van der Waals surface area contributed by atoms with Crippen molar-refractivity contribution >= 4 is 28.1 Å². The van der Waals surface area contributed by atoms with Gasteiger partial charge in [0.05, 0.1) is 7.11 Å². The van der Waals surface area contributed by atoms with Gasteiger partial charge in [0, 0.05) is 33.6 Å². The van der Waals surface area contributed by atoms with E-state index in [-0.39, 0.29) is 0 Å². The number of rotatable bonds is 8. The molecule has 0 bridgehead atoms. The molecular formula is C23H27ClN2O2. The number of anilines is 1. The Kier molecular flexibility index (Phi) is 6.65. The van der Waals surface area contributed by atoms with Crippen LogP contribution in [-0.2, 0) is 0 Å². The number of fused-ring (bicyclic) bond motifs is 1. The van der Waals surface area contributed by atoms with E-state index in [2.05, 4.69) is 18.3 Å². The number of halogens is 1. The molecule has 0 saturated heterocycles. The number of aryl methyl sites for hydroxylation is 1. The lowest BCUT2D eigenvalue weighted by atomic mass is 10.1. The summed E-state index contributed by atoms with van der Waals surface area (Å²) in [6.07, 6.45) is 2.00. The van der Waals surface area contributed by atoms with Gasteiger partial charge < -0.3 is 20.5 Å². The SMILES string of the molecule is COc1cc(N[C@H](C)CCCN)c2ccccc2c1Oc1ccc(Cl)c(C)c1. The van der Waals surface area contributed by atoms with Crippen molar-refractivity contribution in [1.82, 2.24) is 0 Å². The zero-order valence-electron chi connectivity index (χ0n) is 16.6. The van der Waals surface area contributed by atoms with Gasteiger partial charge in [0.2, 0.25) is 0 Å². The lowest BCUT2D eigenvalue weighted by Crippen LogP contribution is -2.17. The zero-order chi connectivity index (χ0) is 20.1. The van der Waals surface area contributed by atoms with Crippen molar-refractivity contribution in [2.75, 3.05) is 19.0 Å². The molecule has 0 radical (unpaired) electrons. The van der Waals surface area contributed by atoms with E-state index in [0.29, 0.717) is 24.1 Å². The number of methoxy groups -OCH3 is 1. The van der Waals surface area contributed by atoms with E-state index >= 15 is 0 Å². The summed E-state index contributed by atoms with van der Waals surface area (Å²) in [6.45, 7) is 4.82. The van der Waals surface area contributed by atoms with Crippen LogP contribution in [0.4, 0.5) is 5.69 Å². The van der Waals surface area contributed by atoms with Gasteiger partial charge in [0.15, 0.2) is 11.5 Å². The van der Waals surface area contributed by atoms with Gasteiger partial charge in [-0.05, 0) is 57.0 Å². The lowest BCUT2D eigenvalue weighted by molar-refractivity contribution is 0.381. The molecule has 1 atom stereocenters. The lowest BCUT2D eigenvalue weighted by Gasteiger charge is -2.20. The van der Waals surface area contributed by atoms with Crippen molar-refractivity contribution in [3.05, 3.63) is 59.1 Å². The molecule has 3 aromatic carbocycles. The van der Waals surface area contributed by atoms with Crippen LogP contribution in [0.1, 0.15) is 25.3 Å². The largest absolute Gasteiger partial charge is 0.493 e. The molecule has 0 spiro atoms. The first-order valence-corrected chi connectivity index (χ1v) is 9.91. The van der Waals surface area contributed by atoms with E-state index in [9.17, 15) is 0 Å². The Morgan fingerprint density at radius 1 is 1.11 bits per heavy atom. The zero-order valence-corrected chi connectivity index (χ0v) is 17.3. The van der Waals surface area contributed by atoms with Gasteiger partial charge >= 0.3 is 0 Å². The number of benzene rings is 3. The van der Waals surface area contributed by atoms with E-state index < -0.39 is 0 Å². The number of ether oxygens (including phenoxy) is 2. The van der Waals surface area contributed by atoms with Crippen LogP contribution in [0.2, 0.25) is 5.02 Å². The highest BCUT2D eigenvalue weighted by Crippen LogP contribution is 2.43. The fraction of sp³-hybridized carbons (Fsp3) is 0.304. The van der Waals surface area contributed by atoms with E-state index in [4.69, 9.17) is 26.8 Å². The first-order valence-electron chi connectivity index (χ1n) is 9.53. The third-order valence-corrected chi connectivity index (χ3v) is 5.20. The van der Waals surface area contributed by atoms with Crippen molar-refractivity contribution < 1.29 is 9.47 Å². The number of hydrogen-bond donors (Lipinski definition) is 2. The minimum atomic E-state index is 0.308. The maximum absolute atomic E-state index is 6.25. The van der Waals surface area contributed by atoms with Crippen LogP contribution in [0.25, 0.3) is 10.8 Å². The highest BCUT2D eigenvalue weighted by Gasteiger charge is 2.16. The van der Waals surface area contributed by atoms with Gasteiger partial charge in [-0.2, -0.15) is 0 Å². The van der Waals surface area contributed by atoms with Gasteiger partial charge in [-0.1, -0.05) is 35.9 Å². The van der Waals surface area contributed by atoms with Gasteiger partial charge in [-0.3, -0.25) is 0 Å². The van der Waals surface area contributed by atoms with Crippen LogP contribution in [0.15, 0.2) is 48.5 Å². The molecule has 0 amide bonds. The summed E-state index contributed by atoms with van der Waals surface area (Å²) in [7, 11) is 1.66. The Balaban J connectivity index is 2.03. The molecule has 0 unspecified atom stereocenters. The van der Waals surface area contributed by atoms with E-state index in [1.807, 2.05) is 49.4 Å². The van der Waals surface area contributed by atoms with Crippen LogP contribution in [-0.4, -0.2) is 19.7 Å². The van der Waals surface area contributed by atoms with Gasteiger partial charge in [-0.25, -0.2) is 0 Å². The van der Waals surface area contributed by atoms with E-state index in [0.717, 1.165) is 45.6 Å². The van der Waals surface area contributed by atoms with Crippen molar-refractivity contribution in [3.8, 4) is 17.2 Å². The maximum Gasteiger partial charge on any atom is 0.177 e. The summed E-state index contributed by atoms with van der Waals surface area (Å²) in [4.78, 5) is 0. The fourth-order valence-corrected chi connectivity index (χ4v) is 3.38. The highest BCUT2D eigenvalue weighted by atomic mass is 35.5. The molecule has 148 valence electrons. The first kappa shape index (κ1) is 20.3. The number of nitrogens with two attached hydrogens (primary N) is 1. The summed E-state index contributed by atoms with van der Waals surface area (Å²) in [5.41, 5.74) is 7.64. The monoisotopic (exact) mass is 398 g/mol. The number of hydrogen-bond acceptors (Lipinski definition) is 4. The summed E-state index contributed by atoms with van der Waals surface area (Å²) in [5.74, 6) is 2.10. The average molecular weight is 399 g/mol. The topological polar surface area (TPSA) is 56.5 Å². The minimum Gasteiger partial charge on any atom is -0.493 e. The van der Waals surface area contributed by atoms with Crippen molar-refractivity contribution in [1.29, 1.82) is 0 Å². The molecule has 0 aliphatic carbocycles. The molecule has 0 aromatic heterocycles. The predicted octanol–water partition coefficient (Wildman–Crippen LogP) is 6.14. The first-order chi connectivity index (χ1) is 13.5. The third kappa shape index (κ3) is 4.51. The molecule has 0 aliphatic heterocycles. The second kappa shape index (κ2) is 9.18. The second-order valence-electron chi connectivity index (χ2n) is 6.99. The highest BCUT2D eigenvalue weighted by molar-refractivity contribution is 6.31. The molecule has 3 rings (SSSR count). The maximum atomic E-state index is 6.25. The molecule has 28 heavy (non-hydrogen) atoms. The van der Waals surface area contributed by atoms with E-state index in [1.54, 1.807) is 7.11 Å². The number of nitrogens with one attached hydrogen (secondary N) is 1. The molecule has 5 heteroatoms. The quantitative estimate of drug-likeness (QED) is 0.478. The minimum absolute atomic E-state index is 0.308. The molecule has 4 nitrogen and oxygen atoms in total. The molecule has 3 aromatic rings. The van der Waals surface area contributed by atoms with E-state index in [1.165, 1.54) is 0 Å². The Bertz CT molecular complexity index is 959. The third-order valence-electron chi connectivity index (χ3n) is 4.77. The van der Waals surface area contributed by atoms with Gasteiger partial charge in [0.1, 0.15) is 5.75 Å². The van der Waals surface area contributed by atoms with Crippen LogP contribution in [0.5, 0.6) is 17.2 Å². The Morgan fingerprint density at radius 2 is 1.86 bits per heavy atom. The second-order valence-corrected chi connectivity index (χ2v) is 7.40. The smallest absolute Gasteiger partial charge is 0.177 e. The molecule has 0 saturated carbocycles. The Morgan fingerprint density at radius 3 is 2.54 bits per heavy atom. The average Bonchev–Trinajstić information content (AvgIpc) is 2.70. The predicted molar refractivity (Wildman–Crippen MR) is 118 cm³/mol. The summed E-state index contributed by atoms with van der Waals surface area (Å²) in [5, 5.41) is 6.39. The summed E-state index contributed by atoms with van der Waals surface area (Å²) in [6, 6.07) is 16.1. The van der Waals surface area contributed by atoms with Gasteiger partial charge in [-0.15, -0.1) is 0 Å². The Hall–Kier alpha value is -2.43. The summed E-state index contributed by atoms with van der Waals surface area (Å²) < 4.78 is 11.9. The van der Waals surface area contributed by atoms with Crippen molar-refractivity contribution in [3.63, 3.8) is 0 Å².